The highest BCUT2D eigenvalue weighted by atomic mass is 32.1. The van der Waals surface area contributed by atoms with Crippen molar-refractivity contribution in [2.45, 2.75) is 13.1 Å². The third kappa shape index (κ3) is 3.04. The number of hydrogen-bond acceptors (Lipinski definition) is 5. The number of rotatable bonds is 6. The van der Waals surface area contributed by atoms with E-state index in [4.69, 9.17) is 4.74 Å². The fraction of sp³-hybridized carbons (Fsp3) is 0.400. The van der Waals surface area contributed by atoms with Gasteiger partial charge in [-0.15, -0.1) is 11.3 Å². The Morgan fingerprint density at radius 1 is 1.56 bits per heavy atom. The van der Waals surface area contributed by atoms with Crippen LogP contribution in [-0.4, -0.2) is 28.5 Å². The second kappa shape index (κ2) is 5.62. The maximum Gasteiger partial charge on any atom is 0.0795 e. The molecule has 0 unspecified atom stereocenters. The van der Waals surface area contributed by atoms with Crippen LogP contribution in [0.5, 0.6) is 0 Å². The molecule has 2 aromatic heterocycles. The summed E-state index contributed by atoms with van der Waals surface area (Å²) in [5.74, 6) is 0. The zero-order chi connectivity index (χ0) is 11.2. The molecule has 2 aromatic rings. The van der Waals surface area contributed by atoms with Gasteiger partial charge in [0.05, 0.1) is 42.8 Å². The summed E-state index contributed by atoms with van der Waals surface area (Å²) in [4.78, 5) is 4.20. The van der Waals surface area contributed by atoms with Crippen LogP contribution in [0.15, 0.2) is 23.3 Å². The molecule has 2 heterocycles. The summed E-state index contributed by atoms with van der Waals surface area (Å²) < 4.78 is 6.84. The molecular formula is C10H14N4OS. The van der Waals surface area contributed by atoms with Gasteiger partial charge in [-0.05, 0) is 0 Å². The molecule has 0 radical (unpaired) electrons. The van der Waals surface area contributed by atoms with Crippen LogP contribution in [0.1, 0.15) is 5.69 Å². The largest absolute Gasteiger partial charge is 0.383 e. The van der Waals surface area contributed by atoms with E-state index in [0.717, 1.165) is 24.5 Å². The lowest BCUT2D eigenvalue weighted by Crippen LogP contribution is -2.04. The van der Waals surface area contributed by atoms with Crippen molar-refractivity contribution in [2.24, 2.45) is 0 Å². The predicted molar refractivity (Wildman–Crippen MR) is 63.5 cm³/mol. The number of anilines is 1. The van der Waals surface area contributed by atoms with E-state index < -0.39 is 0 Å². The highest BCUT2D eigenvalue weighted by Crippen LogP contribution is 2.08. The van der Waals surface area contributed by atoms with Gasteiger partial charge in [-0.25, -0.2) is 4.98 Å². The Balaban J connectivity index is 1.83. The zero-order valence-corrected chi connectivity index (χ0v) is 9.91. The Labute approximate surface area is 98.1 Å². The van der Waals surface area contributed by atoms with Gasteiger partial charge < -0.3 is 10.1 Å². The molecule has 0 aromatic carbocycles. The van der Waals surface area contributed by atoms with Crippen LogP contribution in [0.25, 0.3) is 0 Å². The number of aromatic nitrogens is 3. The van der Waals surface area contributed by atoms with Gasteiger partial charge in [-0.2, -0.15) is 5.10 Å². The minimum absolute atomic E-state index is 0.674. The molecule has 6 heteroatoms. The van der Waals surface area contributed by atoms with Crippen molar-refractivity contribution in [1.29, 1.82) is 0 Å². The Kier molecular flexibility index (Phi) is 3.90. The minimum atomic E-state index is 0.674. The maximum absolute atomic E-state index is 4.98. The monoisotopic (exact) mass is 238 g/mol. The van der Waals surface area contributed by atoms with Gasteiger partial charge in [-0.1, -0.05) is 0 Å². The number of nitrogens with one attached hydrogen (secondary N) is 1. The third-order valence-corrected chi connectivity index (χ3v) is 2.75. The van der Waals surface area contributed by atoms with Crippen LogP contribution < -0.4 is 5.32 Å². The predicted octanol–water partition coefficient (Wildman–Crippen LogP) is 1.60. The molecule has 0 aliphatic carbocycles. The lowest BCUT2D eigenvalue weighted by Gasteiger charge is -2.00. The average Bonchev–Trinajstić information content (AvgIpc) is 2.95. The van der Waals surface area contributed by atoms with Crippen LogP contribution in [0.2, 0.25) is 0 Å². The molecule has 0 saturated heterocycles. The van der Waals surface area contributed by atoms with Crippen LogP contribution in [0.4, 0.5) is 5.69 Å². The van der Waals surface area contributed by atoms with Gasteiger partial charge in [0.2, 0.25) is 0 Å². The van der Waals surface area contributed by atoms with Gasteiger partial charge in [0.25, 0.3) is 0 Å². The molecule has 16 heavy (non-hydrogen) atoms. The topological polar surface area (TPSA) is 52.0 Å². The van der Waals surface area contributed by atoms with Crippen molar-refractivity contribution in [1.82, 2.24) is 14.8 Å². The first-order valence-corrected chi connectivity index (χ1v) is 5.95. The van der Waals surface area contributed by atoms with Crippen LogP contribution >= 0.6 is 11.3 Å². The van der Waals surface area contributed by atoms with Gasteiger partial charge in [0.1, 0.15) is 0 Å². The number of hydrogen-bond donors (Lipinski definition) is 1. The number of ether oxygens (including phenoxy) is 1. The second-order valence-electron chi connectivity index (χ2n) is 3.32. The maximum atomic E-state index is 4.98. The van der Waals surface area contributed by atoms with Crippen molar-refractivity contribution in [3.8, 4) is 0 Å². The molecule has 0 amide bonds. The van der Waals surface area contributed by atoms with E-state index in [1.165, 1.54) is 0 Å². The number of thiazole rings is 1. The normalized spacial score (nSPS) is 10.6. The molecule has 1 N–H and O–H groups in total. The SMILES string of the molecule is COCCn1cc(NCc2cscn2)cn1. The molecule has 0 spiro atoms. The van der Waals surface area contributed by atoms with Crippen molar-refractivity contribution in [2.75, 3.05) is 19.0 Å². The van der Waals surface area contributed by atoms with Gasteiger partial charge in [-0.3, -0.25) is 4.68 Å². The van der Waals surface area contributed by atoms with E-state index in [1.807, 2.05) is 28.0 Å². The Morgan fingerprint density at radius 2 is 2.50 bits per heavy atom. The molecule has 2 rings (SSSR count). The van der Waals surface area contributed by atoms with E-state index >= 15 is 0 Å². The molecule has 86 valence electrons. The van der Waals surface area contributed by atoms with Crippen molar-refractivity contribution < 1.29 is 4.74 Å². The molecule has 0 aliphatic rings. The Bertz CT molecular complexity index is 412. The lowest BCUT2D eigenvalue weighted by atomic mass is 10.4. The highest BCUT2D eigenvalue weighted by Gasteiger charge is 1.99. The quantitative estimate of drug-likeness (QED) is 0.830. The van der Waals surface area contributed by atoms with Gasteiger partial charge in [0, 0.05) is 18.7 Å². The summed E-state index contributed by atoms with van der Waals surface area (Å²) in [5.41, 5.74) is 3.89. The van der Waals surface area contributed by atoms with Gasteiger partial charge in [0.15, 0.2) is 0 Å². The fourth-order valence-electron chi connectivity index (χ4n) is 1.28. The van der Waals surface area contributed by atoms with Crippen LogP contribution in [0, 0.1) is 0 Å². The molecule has 0 aliphatic heterocycles. The highest BCUT2D eigenvalue weighted by molar-refractivity contribution is 7.07. The molecule has 5 nitrogen and oxygen atoms in total. The first kappa shape index (κ1) is 11.1. The molecule has 0 bridgehead atoms. The van der Waals surface area contributed by atoms with Crippen LogP contribution in [0.3, 0.4) is 0 Å². The molecular weight excluding hydrogens is 224 g/mol. The average molecular weight is 238 g/mol. The van der Waals surface area contributed by atoms with Crippen molar-refractivity contribution in [3.63, 3.8) is 0 Å². The fourth-order valence-corrected chi connectivity index (χ4v) is 1.84. The zero-order valence-electron chi connectivity index (χ0n) is 9.09. The van der Waals surface area contributed by atoms with E-state index in [2.05, 4.69) is 15.4 Å². The summed E-state index contributed by atoms with van der Waals surface area (Å²) in [6, 6.07) is 0. The van der Waals surface area contributed by atoms with E-state index in [1.54, 1.807) is 18.4 Å². The van der Waals surface area contributed by atoms with E-state index in [9.17, 15) is 0 Å². The van der Waals surface area contributed by atoms with Crippen molar-refractivity contribution >= 4 is 17.0 Å². The number of methoxy groups -OCH3 is 1. The molecule has 0 atom stereocenters. The summed E-state index contributed by atoms with van der Waals surface area (Å²) >= 11 is 1.60. The van der Waals surface area contributed by atoms with Crippen LogP contribution in [-0.2, 0) is 17.8 Å². The Morgan fingerprint density at radius 3 is 3.25 bits per heavy atom. The minimum Gasteiger partial charge on any atom is -0.383 e. The van der Waals surface area contributed by atoms with E-state index in [-0.39, 0.29) is 0 Å². The summed E-state index contributed by atoms with van der Waals surface area (Å²) in [6.07, 6.45) is 3.77. The third-order valence-electron chi connectivity index (χ3n) is 2.11. The van der Waals surface area contributed by atoms with Crippen molar-refractivity contribution in [3.05, 3.63) is 29.0 Å². The summed E-state index contributed by atoms with van der Waals surface area (Å²) in [5, 5.41) is 9.50. The lowest BCUT2D eigenvalue weighted by molar-refractivity contribution is 0.183. The first-order valence-electron chi connectivity index (χ1n) is 5.01. The second-order valence-corrected chi connectivity index (χ2v) is 4.04. The van der Waals surface area contributed by atoms with E-state index in [0.29, 0.717) is 6.61 Å². The molecule has 0 fully saturated rings. The molecule has 0 saturated carbocycles. The number of nitrogens with zero attached hydrogens (tertiary/aromatic N) is 3. The first-order chi connectivity index (χ1) is 7.88. The smallest absolute Gasteiger partial charge is 0.0795 e. The summed E-state index contributed by atoms with van der Waals surface area (Å²) in [7, 11) is 1.69. The van der Waals surface area contributed by atoms with Gasteiger partial charge >= 0.3 is 0 Å². The Hall–Kier alpha value is -1.40. The summed E-state index contributed by atoms with van der Waals surface area (Å²) in [6.45, 7) is 2.18. The standard InChI is InChI=1S/C10H14N4OS/c1-15-3-2-14-6-9(5-13-14)11-4-10-7-16-8-12-10/h5-8,11H,2-4H2,1H3.